The molecule has 1 aromatic heterocycles. The zero-order chi connectivity index (χ0) is 36.8. The predicted molar refractivity (Wildman–Crippen MR) is 229 cm³/mol. The van der Waals surface area contributed by atoms with E-state index in [4.69, 9.17) is 9.15 Å². The number of benzene rings is 9. The molecule has 0 radical (unpaired) electrons. The fourth-order valence-electron chi connectivity index (χ4n) is 9.56. The molecule has 9 aromatic carbocycles. The number of anilines is 3. The van der Waals surface area contributed by atoms with Crippen molar-refractivity contribution in [3.8, 4) is 33.8 Å². The van der Waals surface area contributed by atoms with Crippen LogP contribution in [-0.2, 0) is 5.41 Å². The number of hydrogen-bond acceptors (Lipinski definition) is 3. The molecule has 1 spiro atoms. The molecule has 0 N–H and O–H groups in total. The molecular weight excluding hydrogens is 683 g/mol. The summed E-state index contributed by atoms with van der Waals surface area (Å²) < 4.78 is 13.4. The minimum atomic E-state index is -0.618. The van der Waals surface area contributed by atoms with Gasteiger partial charge in [0.05, 0.1) is 16.5 Å². The number of ether oxygens (including phenoxy) is 1. The molecular formula is C53H33NO2. The third-order valence-electron chi connectivity index (χ3n) is 11.9. The van der Waals surface area contributed by atoms with Gasteiger partial charge in [-0.05, 0) is 87.3 Å². The van der Waals surface area contributed by atoms with Gasteiger partial charge in [-0.3, -0.25) is 0 Å². The minimum absolute atomic E-state index is 0.618. The summed E-state index contributed by atoms with van der Waals surface area (Å²) >= 11 is 0. The SMILES string of the molecule is c1ccc(-c2ccc(N(c3ccc4c(c3)C3(c5ccccc5Oc5c3ccc3ccccc53)c3ccccc3-4)c3cccc4oc5ccccc5c34)cc2)cc1. The van der Waals surface area contributed by atoms with Gasteiger partial charge in [0.1, 0.15) is 22.7 Å². The van der Waals surface area contributed by atoms with E-state index in [2.05, 4.69) is 199 Å². The lowest BCUT2D eigenvalue weighted by molar-refractivity contribution is 0.441. The van der Waals surface area contributed by atoms with Gasteiger partial charge in [0, 0.05) is 33.3 Å². The Morgan fingerprint density at radius 2 is 1.09 bits per heavy atom. The molecule has 3 nitrogen and oxygen atoms in total. The van der Waals surface area contributed by atoms with Crippen molar-refractivity contribution in [1.82, 2.24) is 0 Å². The van der Waals surface area contributed by atoms with Gasteiger partial charge < -0.3 is 14.1 Å². The maximum atomic E-state index is 6.93. The van der Waals surface area contributed by atoms with Crippen LogP contribution in [0.25, 0.3) is 55.0 Å². The Morgan fingerprint density at radius 3 is 1.98 bits per heavy atom. The van der Waals surface area contributed by atoms with Gasteiger partial charge in [0.25, 0.3) is 0 Å². The quantitative estimate of drug-likeness (QED) is 0.181. The topological polar surface area (TPSA) is 25.6 Å². The molecule has 0 saturated carbocycles. The summed E-state index contributed by atoms with van der Waals surface area (Å²) in [4.78, 5) is 2.41. The second-order valence-electron chi connectivity index (χ2n) is 14.8. The third kappa shape index (κ3) is 4.28. The number of rotatable bonds is 4. The Labute approximate surface area is 324 Å². The highest BCUT2D eigenvalue weighted by atomic mass is 16.5. The summed E-state index contributed by atoms with van der Waals surface area (Å²) in [6.07, 6.45) is 0. The van der Waals surface area contributed by atoms with Crippen molar-refractivity contribution in [2.75, 3.05) is 4.90 Å². The molecule has 1 aliphatic heterocycles. The van der Waals surface area contributed by atoms with Crippen molar-refractivity contribution in [3.63, 3.8) is 0 Å². The largest absolute Gasteiger partial charge is 0.456 e. The Kier molecular flexibility index (Phi) is 6.55. The molecule has 1 aliphatic carbocycles. The molecule has 2 aliphatic rings. The fourth-order valence-corrected chi connectivity index (χ4v) is 9.56. The van der Waals surface area contributed by atoms with Crippen LogP contribution in [0.1, 0.15) is 22.3 Å². The van der Waals surface area contributed by atoms with E-state index in [0.29, 0.717) is 0 Å². The van der Waals surface area contributed by atoms with Crippen molar-refractivity contribution in [3.05, 3.63) is 222 Å². The van der Waals surface area contributed by atoms with Gasteiger partial charge in [-0.1, -0.05) is 152 Å². The van der Waals surface area contributed by atoms with Gasteiger partial charge >= 0.3 is 0 Å². The lowest BCUT2D eigenvalue weighted by Crippen LogP contribution is -2.32. The first-order chi connectivity index (χ1) is 27.8. The number of furan rings is 1. The number of para-hydroxylation sites is 2. The maximum Gasteiger partial charge on any atom is 0.140 e. The lowest BCUT2D eigenvalue weighted by atomic mass is 9.65. The highest BCUT2D eigenvalue weighted by molar-refractivity contribution is 6.13. The van der Waals surface area contributed by atoms with E-state index in [1.165, 1.54) is 33.4 Å². The van der Waals surface area contributed by atoms with Crippen molar-refractivity contribution in [2.24, 2.45) is 0 Å². The first-order valence-corrected chi connectivity index (χ1v) is 19.2. The van der Waals surface area contributed by atoms with Crippen LogP contribution < -0.4 is 9.64 Å². The molecule has 1 unspecified atom stereocenters. The van der Waals surface area contributed by atoms with Crippen LogP contribution in [0.4, 0.5) is 17.1 Å². The third-order valence-corrected chi connectivity index (χ3v) is 11.9. The zero-order valence-corrected chi connectivity index (χ0v) is 30.3. The van der Waals surface area contributed by atoms with E-state index in [1.807, 2.05) is 6.07 Å². The van der Waals surface area contributed by atoms with Crippen molar-refractivity contribution in [1.29, 1.82) is 0 Å². The second kappa shape index (κ2) is 11.8. The highest BCUT2D eigenvalue weighted by Gasteiger charge is 2.51. The van der Waals surface area contributed by atoms with Crippen molar-refractivity contribution < 1.29 is 9.15 Å². The molecule has 10 aromatic rings. The fraction of sp³-hybridized carbons (Fsp3) is 0.0189. The van der Waals surface area contributed by atoms with Crippen LogP contribution >= 0.6 is 0 Å². The average Bonchev–Trinajstić information content (AvgIpc) is 3.79. The molecule has 0 saturated heterocycles. The Morgan fingerprint density at radius 1 is 0.411 bits per heavy atom. The first kappa shape index (κ1) is 31.0. The van der Waals surface area contributed by atoms with Gasteiger partial charge in [-0.2, -0.15) is 0 Å². The number of hydrogen-bond donors (Lipinski definition) is 0. The van der Waals surface area contributed by atoms with Gasteiger partial charge in [-0.25, -0.2) is 0 Å². The van der Waals surface area contributed by atoms with E-state index >= 15 is 0 Å². The second-order valence-corrected chi connectivity index (χ2v) is 14.8. The normalized spacial score (nSPS) is 15.0. The van der Waals surface area contributed by atoms with Crippen LogP contribution in [0.2, 0.25) is 0 Å². The van der Waals surface area contributed by atoms with Crippen LogP contribution in [0.3, 0.4) is 0 Å². The van der Waals surface area contributed by atoms with Gasteiger partial charge in [0.2, 0.25) is 0 Å². The summed E-state index contributed by atoms with van der Waals surface area (Å²) in [5.74, 6) is 1.80. The van der Waals surface area contributed by atoms with Crippen molar-refractivity contribution >= 4 is 49.8 Å². The van der Waals surface area contributed by atoms with Crippen LogP contribution in [0, 0.1) is 0 Å². The Balaban J connectivity index is 1.16. The molecule has 56 heavy (non-hydrogen) atoms. The molecule has 2 heterocycles. The van der Waals surface area contributed by atoms with Gasteiger partial charge in [-0.15, -0.1) is 0 Å². The van der Waals surface area contributed by atoms with E-state index in [-0.39, 0.29) is 0 Å². The summed E-state index contributed by atoms with van der Waals surface area (Å²) in [5.41, 5.74) is 13.9. The number of fused-ring (bicyclic) bond motifs is 14. The highest BCUT2D eigenvalue weighted by Crippen LogP contribution is 2.63. The monoisotopic (exact) mass is 715 g/mol. The number of nitrogens with zero attached hydrogens (tertiary/aromatic N) is 1. The van der Waals surface area contributed by atoms with Gasteiger partial charge in [0.15, 0.2) is 0 Å². The van der Waals surface area contributed by atoms with Crippen LogP contribution in [-0.4, -0.2) is 0 Å². The minimum Gasteiger partial charge on any atom is -0.456 e. The standard InChI is InChI=1S/C53H33NO2/c1-2-13-34(14-3-1)35-25-28-37(29-26-35)54(47-21-12-24-50-51(47)42-18-7-10-22-48(42)55-50)38-30-31-41-40-17-6-8-19-43(40)53(46(41)33-38)44-20-9-11-23-49(44)56-52-39-16-5-4-15-36(39)27-32-45(52)53/h1-33H. The molecule has 0 fully saturated rings. The maximum absolute atomic E-state index is 6.93. The summed E-state index contributed by atoms with van der Waals surface area (Å²) in [6.45, 7) is 0. The summed E-state index contributed by atoms with van der Waals surface area (Å²) in [7, 11) is 0. The molecule has 0 bridgehead atoms. The molecule has 262 valence electrons. The van der Waals surface area contributed by atoms with E-state index in [1.54, 1.807) is 0 Å². The summed E-state index contributed by atoms with van der Waals surface area (Å²) in [6, 6.07) is 71.9. The van der Waals surface area contributed by atoms with Crippen LogP contribution in [0.5, 0.6) is 11.5 Å². The molecule has 1 atom stereocenters. The van der Waals surface area contributed by atoms with Crippen molar-refractivity contribution in [2.45, 2.75) is 5.41 Å². The Hall–Kier alpha value is -7.36. The molecule has 3 heteroatoms. The molecule has 12 rings (SSSR count). The smallest absolute Gasteiger partial charge is 0.140 e. The first-order valence-electron chi connectivity index (χ1n) is 19.2. The lowest BCUT2D eigenvalue weighted by Gasteiger charge is -2.40. The predicted octanol–water partition coefficient (Wildman–Crippen LogP) is 14.3. The Bertz CT molecular complexity index is 3180. The average molecular weight is 716 g/mol. The zero-order valence-electron chi connectivity index (χ0n) is 30.3. The van der Waals surface area contributed by atoms with E-state index < -0.39 is 5.41 Å². The van der Waals surface area contributed by atoms with Crippen LogP contribution in [0.15, 0.2) is 205 Å². The van der Waals surface area contributed by atoms with E-state index in [9.17, 15) is 0 Å². The van der Waals surface area contributed by atoms with E-state index in [0.717, 1.165) is 72.4 Å². The molecule has 0 amide bonds. The summed E-state index contributed by atoms with van der Waals surface area (Å²) in [5, 5.41) is 4.45.